The molecule has 0 spiro atoms. The molecule has 1 aromatic carbocycles. The van der Waals surface area contributed by atoms with Crippen molar-refractivity contribution >= 4 is 22.9 Å². The quantitative estimate of drug-likeness (QED) is 0.528. The van der Waals surface area contributed by atoms with Crippen molar-refractivity contribution in [3.63, 3.8) is 0 Å². The summed E-state index contributed by atoms with van der Waals surface area (Å²) >= 11 is 5.69. The van der Waals surface area contributed by atoms with Crippen LogP contribution in [0.1, 0.15) is 31.9 Å². The Balaban J connectivity index is 2.67. The molecule has 0 saturated carbocycles. The topological polar surface area (TPSA) is 62.1 Å². The van der Waals surface area contributed by atoms with Crippen LogP contribution in [0.25, 0.3) is 0 Å². The minimum absolute atomic E-state index is 0.0250. The van der Waals surface area contributed by atoms with Gasteiger partial charge in [-0.2, -0.15) is 0 Å². The highest BCUT2D eigenvalue weighted by molar-refractivity contribution is 6.69. The molecule has 1 aromatic rings. The lowest BCUT2D eigenvalue weighted by molar-refractivity contribution is 0.0285. The fraction of sp³-hybridized carbons (Fsp3) is 0.429. The van der Waals surface area contributed by atoms with Crippen LogP contribution < -0.4 is 0 Å². The van der Waals surface area contributed by atoms with Gasteiger partial charge in [-0.1, -0.05) is 41.0 Å². The molecule has 0 saturated heterocycles. The number of rotatable bonds is 3. The number of carbonyl (C=O) groups excluding carboxylic acids is 1. The lowest BCUT2D eigenvalue weighted by Gasteiger charge is -2.24. The van der Waals surface area contributed by atoms with Gasteiger partial charge in [0.1, 0.15) is 5.60 Å². The van der Waals surface area contributed by atoms with Crippen LogP contribution in [-0.4, -0.2) is 34.0 Å². The van der Waals surface area contributed by atoms with Crippen molar-refractivity contribution in [2.24, 2.45) is 5.16 Å². The average Bonchev–Trinajstić information content (AvgIpc) is 2.36. The van der Waals surface area contributed by atoms with Gasteiger partial charge in [0, 0.05) is 19.2 Å². The van der Waals surface area contributed by atoms with Crippen molar-refractivity contribution in [1.82, 2.24) is 4.90 Å². The number of nitrogens with zero attached hydrogens (tertiary/aromatic N) is 2. The van der Waals surface area contributed by atoms with Crippen LogP contribution in [0.2, 0.25) is 0 Å². The molecule has 0 radical (unpaired) electrons. The maximum Gasteiger partial charge on any atom is 0.410 e. The fourth-order valence-corrected chi connectivity index (χ4v) is 1.61. The van der Waals surface area contributed by atoms with Gasteiger partial charge in [-0.15, -0.1) is 0 Å². The lowest BCUT2D eigenvalue weighted by Crippen LogP contribution is -2.33. The first-order valence-corrected chi connectivity index (χ1v) is 6.51. The van der Waals surface area contributed by atoms with E-state index in [9.17, 15) is 4.79 Å². The van der Waals surface area contributed by atoms with E-state index in [0.29, 0.717) is 12.1 Å². The normalized spacial score (nSPS) is 12.2. The SMILES string of the molecule is CN(Cc1ccc(C(Cl)=NO)cc1)C(=O)OC(C)(C)C. The standard InChI is InChI=1S/C14H19ClN2O3/c1-14(2,3)20-13(18)17(4)9-10-5-7-11(8-6-10)12(15)16-19/h5-8,19H,9H2,1-4H3. The summed E-state index contributed by atoms with van der Waals surface area (Å²) in [6, 6.07) is 7.06. The van der Waals surface area contributed by atoms with E-state index in [1.165, 1.54) is 4.90 Å². The molecule has 6 heteroatoms. The highest BCUT2D eigenvalue weighted by atomic mass is 35.5. The van der Waals surface area contributed by atoms with Crippen LogP contribution in [0.4, 0.5) is 4.79 Å². The summed E-state index contributed by atoms with van der Waals surface area (Å²) in [5, 5.41) is 11.5. The molecule has 20 heavy (non-hydrogen) atoms. The smallest absolute Gasteiger partial charge is 0.410 e. The lowest BCUT2D eigenvalue weighted by atomic mass is 10.1. The molecule has 0 atom stereocenters. The van der Waals surface area contributed by atoms with Gasteiger partial charge >= 0.3 is 6.09 Å². The number of benzene rings is 1. The molecule has 1 amide bonds. The third-order valence-electron chi connectivity index (χ3n) is 2.40. The fourth-order valence-electron chi connectivity index (χ4n) is 1.48. The second kappa shape index (κ2) is 6.61. The highest BCUT2D eigenvalue weighted by Crippen LogP contribution is 2.13. The first-order valence-electron chi connectivity index (χ1n) is 6.14. The third kappa shape index (κ3) is 5.09. The summed E-state index contributed by atoms with van der Waals surface area (Å²) in [5.74, 6) is 0. The molecule has 0 aliphatic carbocycles. The van der Waals surface area contributed by atoms with E-state index in [4.69, 9.17) is 21.5 Å². The molecule has 1 rings (SSSR count). The van der Waals surface area contributed by atoms with Crippen LogP contribution in [0.15, 0.2) is 29.4 Å². The number of hydrogen-bond donors (Lipinski definition) is 1. The number of oxime groups is 1. The zero-order chi connectivity index (χ0) is 15.3. The first kappa shape index (κ1) is 16.3. The van der Waals surface area contributed by atoms with Crippen LogP contribution in [0, 0.1) is 0 Å². The van der Waals surface area contributed by atoms with E-state index in [-0.39, 0.29) is 11.3 Å². The molecule has 0 fully saturated rings. The minimum atomic E-state index is -0.514. The summed E-state index contributed by atoms with van der Waals surface area (Å²) in [6.07, 6.45) is -0.378. The van der Waals surface area contributed by atoms with Crippen molar-refractivity contribution in [2.75, 3.05) is 7.05 Å². The van der Waals surface area contributed by atoms with Gasteiger partial charge in [-0.25, -0.2) is 4.79 Å². The molecule has 0 aliphatic rings. The van der Waals surface area contributed by atoms with Gasteiger partial charge in [0.15, 0.2) is 5.17 Å². The summed E-state index contributed by atoms with van der Waals surface area (Å²) in [4.78, 5) is 13.3. The number of carbonyl (C=O) groups is 1. The van der Waals surface area contributed by atoms with Crippen LogP contribution >= 0.6 is 11.6 Å². The largest absolute Gasteiger partial charge is 0.444 e. The Kier molecular flexibility index (Phi) is 5.39. The van der Waals surface area contributed by atoms with E-state index in [2.05, 4.69) is 5.16 Å². The van der Waals surface area contributed by atoms with Crippen molar-refractivity contribution in [2.45, 2.75) is 32.9 Å². The Morgan fingerprint density at radius 2 is 1.90 bits per heavy atom. The maximum absolute atomic E-state index is 11.8. The van der Waals surface area contributed by atoms with Crippen LogP contribution in [0.3, 0.4) is 0 Å². The van der Waals surface area contributed by atoms with Gasteiger partial charge in [-0.3, -0.25) is 0 Å². The summed E-state index contributed by atoms with van der Waals surface area (Å²) in [7, 11) is 1.67. The predicted molar refractivity (Wildman–Crippen MR) is 78.3 cm³/mol. The average molecular weight is 299 g/mol. The molecule has 110 valence electrons. The highest BCUT2D eigenvalue weighted by Gasteiger charge is 2.19. The summed E-state index contributed by atoms with van der Waals surface area (Å²) < 4.78 is 5.26. The van der Waals surface area contributed by atoms with Gasteiger partial charge in [0.25, 0.3) is 0 Å². The zero-order valence-electron chi connectivity index (χ0n) is 12.1. The number of hydrogen-bond acceptors (Lipinski definition) is 4. The van der Waals surface area contributed by atoms with E-state index in [0.717, 1.165) is 5.56 Å². The second-order valence-electron chi connectivity index (χ2n) is 5.42. The van der Waals surface area contributed by atoms with Gasteiger partial charge in [0.05, 0.1) is 0 Å². The van der Waals surface area contributed by atoms with E-state index >= 15 is 0 Å². The predicted octanol–water partition coefficient (Wildman–Crippen LogP) is 3.43. The number of halogens is 1. The Labute approximate surface area is 123 Å². The number of amides is 1. The Hall–Kier alpha value is -1.75. The molecular formula is C14H19ClN2O3. The molecule has 0 aromatic heterocycles. The molecule has 0 aliphatic heterocycles. The minimum Gasteiger partial charge on any atom is -0.444 e. The molecular weight excluding hydrogens is 280 g/mol. The first-order chi connectivity index (χ1) is 9.23. The van der Waals surface area contributed by atoms with Gasteiger partial charge in [-0.05, 0) is 26.3 Å². The summed E-state index contributed by atoms with van der Waals surface area (Å²) in [5.41, 5.74) is 1.02. The third-order valence-corrected chi connectivity index (χ3v) is 2.70. The molecule has 5 nitrogen and oxygen atoms in total. The Morgan fingerprint density at radius 3 is 2.35 bits per heavy atom. The molecule has 0 bridgehead atoms. The molecule has 1 N–H and O–H groups in total. The van der Waals surface area contributed by atoms with Crippen LogP contribution in [-0.2, 0) is 11.3 Å². The monoisotopic (exact) mass is 298 g/mol. The summed E-state index contributed by atoms with van der Waals surface area (Å²) in [6.45, 7) is 5.89. The van der Waals surface area contributed by atoms with Crippen molar-refractivity contribution in [1.29, 1.82) is 0 Å². The van der Waals surface area contributed by atoms with Gasteiger partial charge < -0.3 is 14.8 Å². The zero-order valence-corrected chi connectivity index (χ0v) is 12.8. The second-order valence-corrected chi connectivity index (χ2v) is 5.78. The van der Waals surface area contributed by atoms with E-state index in [1.807, 2.05) is 32.9 Å². The van der Waals surface area contributed by atoms with Crippen LogP contribution in [0.5, 0.6) is 0 Å². The maximum atomic E-state index is 11.8. The van der Waals surface area contributed by atoms with E-state index < -0.39 is 5.60 Å². The van der Waals surface area contributed by atoms with Crippen molar-refractivity contribution in [3.8, 4) is 0 Å². The van der Waals surface area contributed by atoms with Gasteiger partial charge in [0.2, 0.25) is 0 Å². The number of ether oxygens (including phenoxy) is 1. The Morgan fingerprint density at radius 1 is 1.35 bits per heavy atom. The van der Waals surface area contributed by atoms with Crippen molar-refractivity contribution < 1.29 is 14.7 Å². The van der Waals surface area contributed by atoms with Crippen molar-refractivity contribution in [3.05, 3.63) is 35.4 Å². The molecule has 0 heterocycles. The van der Waals surface area contributed by atoms with E-state index in [1.54, 1.807) is 19.2 Å². The Bertz CT molecular complexity index is 492. The molecule has 0 unspecified atom stereocenters.